The zero-order valence-electron chi connectivity index (χ0n) is 15.0. The minimum absolute atomic E-state index is 0.0230. The van der Waals surface area contributed by atoms with Crippen LogP contribution in [0.1, 0.15) is 31.2 Å². The molecule has 1 aromatic carbocycles. The number of nitrogen functional groups attached to an aromatic ring is 1. The monoisotopic (exact) mass is 505 g/mol. The van der Waals surface area contributed by atoms with Gasteiger partial charge in [-0.2, -0.15) is 9.97 Å². The fourth-order valence-electron chi connectivity index (χ4n) is 3.07. The van der Waals surface area contributed by atoms with E-state index in [1.807, 2.05) is 6.07 Å². The molecule has 6 nitrogen and oxygen atoms in total. The highest BCUT2D eigenvalue weighted by molar-refractivity contribution is 9.09. The Hall–Kier alpha value is -1.28. The summed E-state index contributed by atoms with van der Waals surface area (Å²) >= 11 is 21.8. The molecule has 2 N–H and O–H groups in total. The van der Waals surface area contributed by atoms with Gasteiger partial charge in [-0.05, 0) is 30.5 Å². The summed E-state index contributed by atoms with van der Waals surface area (Å²) in [5.41, 5.74) is 7.30. The van der Waals surface area contributed by atoms with E-state index >= 15 is 0 Å². The summed E-state index contributed by atoms with van der Waals surface area (Å²) in [6.45, 7) is 0.814. The van der Waals surface area contributed by atoms with Crippen molar-refractivity contribution in [3.8, 4) is 0 Å². The first-order valence-corrected chi connectivity index (χ1v) is 11.1. The molecular weight excluding hydrogens is 488 g/mol. The molecule has 28 heavy (non-hydrogen) atoms. The van der Waals surface area contributed by atoms with E-state index < -0.39 is 0 Å². The molecule has 0 fully saturated rings. The second-order valence-corrected chi connectivity index (χ2v) is 8.38. The van der Waals surface area contributed by atoms with E-state index in [1.165, 1.54) is 4.57 Å². The number of aromatic nitrogens is 4. The number of alkyl halides is 1. The molecule has 10 heteroatoms. The lowest BCUT2D eigenvalue weighted by Crippen LogP contribution is -2.25. The molecule has 3 rings (SSSR count). The van der Waals surface area contributed by atoms with Gasteiger partial charge in [-0.1, -0.05) is 69.6 Å². The second-order valence-electron chi connectivity index (χ2n) is 6.42. The highest BCUT2D eigenvalue weighted by Gasteiger charge is 2.19. The number of rotatable bonds is 8. The highest BCUT2D eigenvalue weighted by atomic mass is 79.9. The smallest absolute Gasteiger partial charge is 0.330 e. The summed E-state index contributed by atoms with van der Waals surface area (Å²) in [5, 5.41) is 2.04. The summed E-state index contributed by atoms with van der Waals surface area (Å²) < 4.78 is 3.17. The van der Waals surface area contributed by atoms with E-state index in [0.717, 1.165) is 36.6 Å². The maximum atomic E-state index is 13.1. The molecule has 0 spiro atoms. The third-order valence-electron chi connectivity index (χ3n) is 4.42. The van der Waals surface area contributed by atoms with Crippen LogP contribution in [0.5, 0.6) is 0 Å². The largest absolute Gasteiger partial charge is 0.368 e. The summed E-state index contributed by atoms with van der Waals surface area (Å²) in [6.07, 6.45) is 4.08. The molecule has 0 aliphatic carbocycles. The van der Waals surface area contributed by atoms with Crippen LogP contribution in [0.25, 0.3) is 11.2 Å². The van der Waals surface area contributed by atoms with Gasteiger partial charge < -0.3 is 5.73 Å². The summed E-state index contributed by atoms with van der Waals surface area (Å²) in [6, 6.07) is 5.24. The quantitative estimate of drug-likeness (QED) is 0.260. The number of hydrogen-bond donors (Lipinski definition) is 1. The zero-order valence-corrected chi connectivity index (χ0v) is 18.8. The van der Waals surface area contributed by atoms with E-state index in [1.54, 1.807) is 16.7 Å². The number of nitrogens with zero attached hydrogens (tertiary/aromatic N) is 4. The number of halogens is 4. The Bertz CT molecular complexity index is 1050. The minimum atomic E-state index is -0.205. The van der Waals surface area contributed by atoms with E-state index in [9.17, 15) is 4.79 Å². The summed E-state index contributed by atoms with van der Waals surface area (Å²) in [4.78, 5) is 21.4. The molecule has 0 saturated heterocycles. The number of aryl methyl sites for hydroxylation is 1. The molecule has 0 aliphatic rings. The number of nitrogens with two attached hydrogens (primary N) is 1. The van der Waals surface area contributed by atoms with Gasteiger partial charge in [-0.3, -0.25) is 9.13 Å². The molecule has 0 atom stereocenters. The third kappa shape index (κ3) is 4.64. The lowest BCUT2D eigenvalue weighted by Gasteiger charge is -2.05. The van der Waals surface area contributed by atoms with Crippen molar-refractivity contribution in [2.75, 3.05) is 11.1 Å². The SMILES string of the molecule is Nc1nc(Cl)c2c(n1)n(Cc1ccc(Cl)c(Cl)c1)c(=O)n2CCCCCCBr. The molecule has 0 amide bonds. The van der Waals surface area contributed by atoms with Crippen LogP contribution in [0, 0.1) is 0 Å². The Kier molecular flexibility index (Phi) is 7.25. The van der Waals surface area contributed by atoms with Crippen molar-refractivity contribution < 1.29 is 0 Å². The van der Waals surface area contributed by atoms with E-state index in [4.69, 9.17) is 40.5 Å². The first kappa shape index (κ1) is 21.4. The predicted octanol–water partition coefficient (Wildman–Crippen LogP) is 5.14. The van der Waals surface area contributed by atoms with Gasteiger partial charge >= 0.3 is 5.69 Å². The molecule has 150 valence electrons. The van der Waals surface area contributed by atoms with Crippen LogP contribution in [0.4, 0.5) is 5.95 Å². The van der Waals surface area contributed by atoms with Gasteiger partial charge in [0, 0.05) is 11.9 Å². The van der Waals surface area contributed by atoms with Crippen molar-refractivity contribution in [1.82, 2.24) is 19.1 Å². The molecular formula is C18H19BrCl3N5O. The lowest BCUT2D eigenvalue weighted by molar-refractivity contribution is 0.570. The molecule has 3 aromatic rings. The molecule has 0 bridgehead atoms. The fourth-order valence-corrected chi connectivity index (χ4v) is 4.06. The Morgan fingerprint density at radius 1 is 1.00 bits per heavy atom. The Morgan fingerprint density at radius 3 is 2.46 bits per heavy atom. The topological polar surface area (TPSA) is 78.7 Å². The Morgan fingerprint density at radius 2 is 1.75 bits per heavy atom. The standard InChI is InChI=1S/C18H19BrCl3N5O/c19-7-3-1-2-4-8-26-14-15(22)24-17(23)25-16(14)27(18(26)28)10-11-5-6-12(20)13(21)9-11/h5-6,9H,1-4,7-8,10H2,(H2,23,24,25). The number of fused-ring (bicyclic) bond motifs is 1. The maximum absolute atomic E-state index is 13.1. The molecule has 2 aromatic heterocycles. The Balaban J connectivity index is 2.00. The van der Waals surface area contributed by atoms with Gasteiger partial charge in [-0.15, -0.1) is 0 Å². The number of benzene rings is 1. The normalized spacial score (nSPS) is 11.4. The van der Waals surface area contributed by atoms with Crippen LogP contribution in [-0.2, 0) is 13.1 Å². The van der Waals surface area contributed by atoms with Crippen molar-refractivity contribution in [2.45, 2.75) is 38.8 Å². The number of anilines is 1. The second kappa shape index (κ2) is 9.48. The summed E-state index contributed by atoms with van der Waals surface area (Å²) in [7, 11) is 0. The van der Waals surface area contributed by atoms with E-state index in [2.05, 4.69) is 25.9 Å². The van der Waals surface area contributed by atoms with E-state index in [-0.39, 0.29) is 23.3 Å². The molecule has 0 aliphatic heterocycles. The van der Waals surface area contributed by atoms with Crippen molar-refractivity contribution in [3.63, 3.8) is 0 Å². The van der Waals surface area contributed by atoms with Crippen LogP contribution >= 0.6 is 50.7 Å². The first-order valence-electron chi connectivity index (χ1n) is 8.84. The maximum Gasteiger partial charge on any atom is 0.330 e. The Labute approximate surface area is 185 Å². The van der Waals surface area contributed by atoms with Crippen molar-refractivity contribution >= 4 is 67.8 Å². The third-order valence-corrected chi connectivity index (χ3v) is 5.98. The van der Waals surface area contributed by atoms with Crippen LogP contribution in [0.2, 0.25) is 15.2 Å². The average Bonchev–Trinajstić information content (AvgIpc) is 2.90. The first-order chi connectivity index (χ1) is 13.4. The molecule has 2 heterocycles. The van der Waals surface area contributed by atoms with Crippen molar-refractivity contribution in [2.24, 2.45) is 0 Å². The summed E-state index contributed by atoms with van der Waals surface area (Å²) in [5.74, 6) is 0.0230. The molecule has 0 saturated carbocycles. The van der Waals surface area contributed by atoms with Crippen LogP contribution in [0.15, 0.2) is 23.0 Å². The van der Waals surface area contributed by atoms with Gasteiger partial charge in [0.15, 0.2) is 10.8 Å². The van der Waals surface area contributed by atoms with Crippen LogP contribution in [-0.4, -0.2) is 24.4 Å². The van der Waals surface area contributed by atoms with Gasteiger partial charge in [0.2, 0.25) is 5.95 Å². The van der Waals surface area contributed by atoms with Crippen LogP contribution < -0.4 is 11.4 Å². The highest BCUT2D eigenvalue weighted by Crippen LogP contribution is 2.25. The number of hydrogen-bond acceptors (Lipinski definition) is 4. The molecule has 0 unspecified atom stereocenters. The van der Waals surface area contributed by atoms with Gasteiger partial charge in [0.05, 0.1) is 16.6 Å². The number of unbranched alkanes of at least 4 members (excludes halogenated alkanes) is 3. The van der Waals surface area contributed by atoms with Crippen molar-refractivity contribution in [1.29, 1.82) is 0 Å². The fraction of sp³-hybridized carbons (Fsp3) is 0.389. The molecule has 0 radical (unpaired) electrons. The van der Waals surface area contributed by atoms with E-state index in [0.29, 0.717) is 27.8 Å². The van der Waals surface area contributed by atoms with Crippen LogP contribution in [0.3, 0.4) is 0 Å². The number of imidazole rings is 1. The van der Waals surface area contributed by atoms with Gasteiger partial charge in [0.25, 0.3) is 0 Å². The van der Waals surface area contributed by atoms with Crippen molar-refractivity contribution in [3.05, 3.63) is 49.4 Å². The minimum Gasteiger partial charge on any atom is -0.368 e. The lowest BCUT2D eigenvalue weighted by atomic mass is 10.2. The predicted molar refractivity (Wildman–Crippen MR) is 119 cm³/mol. The average molecular weight is 508 g/mol. The van der Waals surface area contributed by atoms with Gasteiger partial charge in [0.1, 0.15) is 5.52 Å². The van der Waals surface area contributed by atoms with Gasteiger partial charge in [-0.25, -0.2) is 4.79 Å². The zero-order chi connectivity index (χ0) is 20.3.